The van der Waals surface area contributed by atoms with Crippen molar-refractivity contribution in [1.29, 1.82) is 0 Å². The van der Waals surface area contributed by atoms with Crippen molar-refractivity contribution in [2.75, 3.05) is 12.4 Å². The number of aromatic hydroxyl groups is 1. The molecule has 1 aromatic heterocycles. The number of oxazole rings is 1. The van der Waals surface area contributed by atoms with Gasteiger partial charge in [-0.25, -0.2) is 4.98 Å². The van der Waals surface area contributed by atoms with Crippen molar-refractivity contribution < 1.29 is 19.1 Å². The predicted octanol–water partition coefficient (Wildman–Crippen LogP) is 4.95. The second-order valence-corrected chi connectivity index (χ2v) is 7.69. The summed E-state index contributed by atoms with van der Waals surface area (Å²) in [6.07, 6.45) is 0. The van der Waals surface area contributed by atoms with Crippen LogP contribution in [0.5, 0.6) is 11.5 Å². The minimum absolute atomic E-state index is 0.0345. The number of carbonyl (C=O) groups is 1. The highest BCUT2D eigenvalue weighted by Gasteiger charge is 2.16. The molecule has 0 radical (unpaired) electrons. The number of hydrogen-bond donors (Lipinski definition) is 3. The van der Waals surface area contributed by atoms with E-state index in [1.54, 1.807) is 24.3 Å². The average Bonchev–Trinajstić information content (AvgIpc) is 3.16. The van der Waals surface area contributed by atoms with Gasteiger partial charge in [0.05, 0.1) is 18.2 Å². The Bertz CT molecular complexity index is 1350. The number of anilines is 1. The highest BCUT2D eigenvalue weighted by molar-refractivity contribution is 7.80. The first-order chi connectivity index (χ1) is 15.4. The Kier molecular flexibility index (Phi) is 5.79. The molecule has 0 bridgehead atoms. The lowest BCUT2D eigenvalue weighted by Crippen LogP contribution is -2.34. The van der Waals surface area contributed by atoms with Gasteiger partial charge < -0.3 is 19.6 Å². The zero-order chi connectivity index (χ0) is 22.8. The predicted molar refractivity (Wildman–Crippen MR) is 127 cm³/mol. The first kappa shape index (κ1) is 21.3. The number of aromatic nitrogens is 1. The van der Waals surface area contributed by atoms with Crippen molar-refractivity contribution >= 4 is 40.0 Å². The average molecular weight is 448 g/mol. The van der Waals surface area contributed by atoms with E-state index < -0.39 is 5.91 Å². The zero-order valence-electron chi connectivity index (χ0n) is 17.7. The molecule has 1 amide bonds. The smallest absolute Gasteiger partial charge is 0.261 e. The number of aryl methyl sites for hydroxylation is 2. The van der Waals surface area contributed by atoms with E-state index in [1.165, 1.54) is 13.2 Å². The standard InChI is InChI=1S/C24H21N3O4S/c1-13-7-10-18-20(11-13)31-23(26-18)16-9-8-15(12-19(16)28)25-24(32)27-22(29)17-6-4-5-14(2)21(17)30-3/h4-12,28H,1-3H3,(H2,25,27,29,32). The number of fused-ring (bicyclic) bond motifs is 1. The summed E-state index contributed by atoms with van der Waals surface area (Å²) in [5.41, 5.74) is 4.58. The molecule has 4 rings (SSSR count). The Labute approximate surface area is 190 Å². The quantitative estimate of drug-likeness (QED) is 0.381. The minimum atomic E-state index is -0.398. The van der Waals surface area contributed by atoms with Gasteiger partial charge in [0, 0.05) is 11.8 Å². The second-order valence-electron chi connectivity index (χ2n) is 7.29. The van der Waals surface area contributed by atoms with Gasteiger partial charge in [-0.15, -0.1) is 0 Å². The molecule has 0 unspecified atom stereocenters. The van der Waals surface area contributed by atoms with Crippen LogP contribution in [0.15, 0.2) is 59.0 Å². The van der Waals surface area contributed by atoms with Gasteiger partial charge in [0.2, 0.25) is 5.89 Å². The number of para-hydroxylation sites is 1. The third-order valence-electron chi connectivity index (χ3n) is 4.92. The number of thiocarbonyl (C=S) groups is 1. The summed E-state index contributed by atoms with van der Waals surface area (Å²) in [7, 11) is 1.51. The van der Waals surface area contributed by atoms with Crippen molar-refractivity contribution in [2.24, 2.45) is 0 Å². The van der Waals surface area contributed by atoms with E-state index in [9.17, 15) is 9.90 Å². The molecule has 7 nitrogen and oxygen atoms in total. The molecule has 0 atom stereocenters. The maximum Gasteiger partial charge on any atom is 0.261 e. The van der Waals surface area contributed by atoms with E-state index in [4.69, 9.17) is 21.4 Å². The van der Waals surface area contributed by atoms with Crippen molar-refractivity contribution in [2.45, 2.75) is 13.8 Å². The fourth-order valence-electron chi connectivity index (χ4n) is 3.37. The number of benzene rings is 3. The van der Waals surface area contributed by atoms with Gasteiger partial charge >= 0.3 is 0 Å². The molecule has 0 saturated carbocycles. The Hall–Kier alpha value is -3.91. The number of amides is 1. The monoisotopic (exact) mass is 447 g/mol. The molecule has 0 spiro atoms. The minimum Gasteiger partial charge on any atom is -0.507 e. The molecular weight excluding hydrogens is 426 g/mol. The fourth-order valence-corrected chi connectivity index (χ4v) is 3.58. The summed E-state index contributed by atoms with van der Waals surface area (Å²) in [6.45, 7) is 3.82. The van der Waals surface area contributed by atoms with Gasteiger partial charge in [0.25, 0.3) is 5.91 Å². The van der Waals surface area contributed by atoms with Crippen molar-refractivity contribution in [3.8, 4) is 23.0 Å². The van der Waals surface area contributed by atoms with E-state index >= 15 is 0 Å². The van der Waals surface area contributed by atoms with Crippen LogP contribution in [0.25, 0.3) is 22.6 Å². The zero-order valence-corrected chi connectivity index (χ0v) is 18.5. The van der Waals surface area contributed by atoms with Crippen LogP contribution in [0, 0.1) is 13.8 Å². The molecule has 8 heteroatoms. The molecule has 0 aliphatic rings. The third-order valence-corrected chi connectivity index (χ3v) is 5.12. The number of phenolic OH excluding ortho intramolecular Hbond substituents is 1. The summed E-state index contributed by atoms with van der Waals surface area (Å²) in [6, 6.07) is 15.9. The highest BCUT2D eigenvalue weighted by atomic mass is 32.1. The summed E-state index contributed by atoms with van der Waals surface area (Å²) < 4.78 is 11.1. The Balaban J connectivity index is 1.49. The summed E-state index contributed by atoms with van der Waals surface area (Å²) in [5, 5.41) is 16.1. The lowest BCUT2D eigenvalue weighted by atomic mass is 10.1. The molecule has 4 aromatic rings. The first-order valence-corrected chi connectivity index (χ1v) is 10.2. The number of phenols is 1. The molecule has 0 fully saturated rings. The van der Waals surface area contributed by atoms with E-state index in [0.717, 1.165) is 11.1 Å². The molecule has 1 heterocycles. The molecule has 3 N–H and O–H groups in total. The summed E-state index contributed by atoms with van der Waals surface area (Å²) >= 11 is 5.25. The topological polar surface area (TPSA) is 96.6 Å². The molecule has 0 saturated heterocycles. The number of rotatable bonds is 4. The van der Waals surface area contributed by atoms with Crippen molar-refractivity contribution in [1.82, 2.24) is 10.3 Å². The van der Waals surface area contributed by atoms with Gasteiger partial charge in [0.15, 0.2) is 10.7 Å². The van der Waals surface area contributed by atoms with Gasteiger partial charge in [-0.05, 0) is 67.5 Å². The number of ether oxygens (including phenoxy) is 1. The normalized spacial score (nSPS) is 10.7. The molecule has 32 heavy (non-hydrogen) atoms. The molecular formula is C24H21N3O4S. The lowest BCUT2D eigenvalue weighted by molar-refractivity contribution is 0.0974. The van der Waals surface area contributed by atoms with Crippen LogP contribution in [0.4, 0.5) is 5.69 Å². The van der Waals surface area contributed by atoms with Crippen LogP contribution < -0.4 is 15.4 Å². The molecule has 0 aliphatic carbocycles. The molecule has 162 valence electrons. The number of methoxy groups -OCH3 is 1. The highest BCUT2D eigenvalue weighted by Crippen LogP contribution is 2.33. The number of hydrogen-bond acceptors (Lipinski definition) is 6. The number of nitrogens with zero attached hydrogens (tertiary/aromatic N) is 1. The Morgan fingerprint density at radius 2 is 1.94 bits per heavy atom. The maximum atomic E-state index is 12.6. The van der Waals surface area contributed by atoms with E-state index in [2.05, 4.69) is 15.6 Å². The Morgan fingerprint density at radius 1 is 1.12 bits per heavy atom. The Morgan fingerprint density at radius 3 is 2.69 bits per heavy atom. The second kappa shape index (κ2) is 8.68. The van der Waals surface area contributed by atoms with Crippen LogP contribution in [-0.4, -0.2) is 28.2 Å². The van der Waals surface area contributed by atoms with Gasteiger partial charge in [-0.3, -0.25) is 10.1 Å². The molecule has 0 aliphatic heterocycles. The van der Waals surface area contributed by atoms with Crippen LogP contribution in [0.2, 0.25) is 0 Å². The van der Waals surface area contributed by atoms with Gasteiger partial charge in [0.1, 0.15) is 17.0 Å². The lowest BCUT2D eigenvalue weighted by Gasteiger charge is -2.13. The summed E-state index contributed by atoms with van der Waals surface area (Å²) in [4.78, 5) is 17.0. The third kappa shape index (κ3) is 4.26. The fraction of sp³-hybridized carbons (Fsp3) is 0.125. The van der Waals surface area contributed by atoms with Crippen LogP contribution in [0.1, 0.15) is 21.5 Å². The van der Waals surface area contributed by atoms with Crippen molar-refractivity contribution in [3.05, 3.63) is 71.3 Å². The van der Waals surface area contributed by atoms with E-state index in [0.29, 0.717) is 39.6 Å². The van der Waals surface area contributed by atoms with Crippen molar-refractivity contribution in [3.63, 3.8) is 0 Å². The SMILES string of the molecule is COc1c(C)cccc1C(=O)NC(=S)Nc1ccc(-c2nc3ccc(C)cc3o2)c(O)c1. The maximum absolute atomic E-state index is 12.6. The van der Waals surface area contributed by atoms with E-state index in [-0.39, 0.29) is 10.9 Å². The van der Waals surface area contributed by atoms with E-state index in [1.807, 2.05) is 38.1 Å². The van der Waals surface area contributed by atoms with Crippen LogP contribution >= 0.6 is 12.2 Å². The number of carbonyl (C=O) groups excluding carboxylic acids is 1. The first-order valence-electron chi connectivity index (χ1n) is 9.82. The van der Waals surface area contributed by atoms with Crippen LogP contribution in [0.3, 0.4) is 0 Å². The number of nitrogens with one attached hydrogen (secondary N) is 2. The summed E-state index contributed by atoms with van der Waals surface area (Å²) in [5.74, 6) is 0.374. The largest absolute Gasteiger partial charge is 0.507 e. The van der Waals surface area contributed by atoms with Gasteiger partial charge in [-0.1, -0.05) is 18.2 Å². The van der Waals surface area contributed by atoms with Gasteiger partial charge in [-0.2, -0.15) is 0 Å². The molecule has 3 aromatic carbocycles. The van der Waals surface area contributed by atoms with Crippen LogP contribution in [-0.2, 0) is 0 Å².